The van der Waals surface area contributed by atoms with E-state index in [1.165, 1.54) is 22.2 Å². The molecule has 0 aliphatic rings. The topological polar surface area (TPSA) is 117 Å². The molecule has 0 aliphatic carbocycles. The standard InChI is InChI=1S/C18H16F4N6S.C2HF3O2/c1-10(2)28-17(25-26-27-28)16(13-3-11(7-23)4-14(19)6-13)24-8-12-5-15(29-9-12)18(20,21)22;3-2(4,5)1(6)7/h3-6,9-10,16,24H,8H2,1-2H3;(H,6,7). The number of aromatic nitrogens is 4. The second-order valence-corrected chi connectivity index (χ2v) is 8.31. The Morgan fingerprint density at radius 3 is 2.33 bits per heavy atom. The van der Waals surface area contributed by atoms with Gasteiger partial charge in [-0.15, -0.1) is 16.4 Å². The first kappa shape index (κ1) is 28.7. The third-order valence-electron chi connectivity index (χ3n) is 4.33. The van der Waals surface area contributed by atoms with E-state index in [0.29, 0.717) is 28.3 Å². The van der Waals surface area contributed by atoms with Crippen LogP contribution in [0.1, 0.15) is 53.3 Å². The van der Waals surface area contributed by atoms with Gasteiger partial charge in [0.15, 0.2) is 5.82 Å². The largest absolute Gasteiger partial charge is 0.490 e. The van der Waals surface area contributed by atoms with Gasteiger partial charge in [0.05, 0.1) is 23.7 Å². The Hall–Kier alpha value is -3.58. The number of hydrogen-bond acceptors (Lipinski definition) is 7. The molecule has 1 aromatic carbocycles. The van der Waals surface area contributed by atoms with Crippen LogP contribution in [-0.2, 0) is 17.5 Å². The smallest absolute Gasteiger partial charge is 0.475 e. The lowest BCUT2D eigenvalue weighted by atomic mass is 10.0. The van der Waals surface area contributed by atoms with Gasteiger partial charge >= 0.3 is 18.3 Å². The first-order chi connectivity index (χ1) is 16.6. The monoisotopic (exact) mass is 538 g/mol. The van der Waals surface area contributed by atoms with E-state index in [-0.39, 0.29) is 18.2 Å². The van der Waals surface area contributed by atoms with E-state index < -0.39 is 35.1 Å². The summed E-state index contributed by atoms with van der Waals surface area (Å²) in [6.45, 7) is 3.79. The third kappa shape index (κ3) is 7.71. The van der Waals surface area contributed by atoms with E-state index in [1.807, 2.05) is 19.9 Å². The van der Waals surface area contributed by atoms with Crippen molar-refractivity contribution in [3.05, 3.63) is 62.9 Å². The number of aliphatic carboxylic acids is 1. The van der Waals surface area contributed by atoms with Gasteiger partial charge in [0.1, 0.15) is 10.7 Å². The molecular formula is C20H17F7N6O2S. The summed E-state index contributed by atoms with van der Waals surface area (Å²) in [5.41, 5.74) is 0.933. The molecule has 8 nitrogen and oxygen atoms in total. The number of nitrogens with zero attached hydrogens (tertiary/aromatic N) is 5. The van der Waals surface area contributed by atoms with Crippen LogP contribution in [0.2, 0.25) is 0 Å². The summed E-state index contributed by atoms with van der Waals surface area (Å²) in [7, 11) is 0. The average molecular weight is 538 g/mol. The molecule has 0 radical (unpaired) electrons. The molecule has 2 aromatic heterocycles. The van der Waals surface area contributed by atoms with Gasteiger partial charge in [-0.05, 0) is 65.0 Å². The molecule has 3 aromatic rings. The molecule has 1 atom stereocenters. The minimum absolute atomic E-state index is 0.0700. The van der Waals surface area contributed by atoms with Crippen molar-refractivity contribution < 1.29 is 40.6 Å². The molecule has 16 heteroatoms. The number of hydrogen-bond donors (Lipinski definition) is 2. The van der Waals surface area contributed by atoms with Crippen molar-refractivity contribution in [1.29, 1.82) is 5.26 Å². The second kappa shape index (κ2) is 11.4. The van der Waals surface area contributed by atoms with Crippen molar-refractivity contribution in [2.45, 2.75) is 44.8 Å². The number of thiophene rings is 1. The van der Waals surface area contributed by atoms with Crippen molar-refractivity contribution in [3.8, 4) is 6.07 Å². The minimum Gasteiger partial charge on any atom is -0.475 e. The predicted molar refractivity (Wildman–Crippen MR) is 111 cm³/mol. The Morgan fingerprint density at radius 2 is 1.83 bits per heavy atom. The second-order valence-electron chi connectivity index (χ2n) is 7.39. The summed E-state index contributed by atoms with van der Waals surface area (Å²) >= 11 is 0.604. The molecule has 0 spiro atoms. The van der Waals surface area contributed by atoms with Gasteiger partial charge in [-0.25, -0.2) is 13.9 Å². The fraction of sp³-hybridized carbons (Fsp3) is 0.350. The van der Waals surface area contributed by atoms with Gasteiger partial charge in [0.2, 0.25) is 0 Å². The highest BCUT2D eigenvalue weighted by atomic mass is 32.1. The van der Waals surface area contributed by atoms with Gasteiger partial charge in [-0.1, -0.05) is 0 Å². The molecule has 0 saturated heterocycles. The van der Waals surface area contributed by atoms with Crippen LogP contribution in [-0.4, -0.2) is 37.5 Å². The number of tetrazole rings is 1. The number of carbonyl (C=O) groups is 1. The zero-order chi connectivity index (χ0) is 27.3. The van der Waals surface area contributed by atoms with Crippen molar-refractivity contribution in [2.24, 2.45) is 0 Å². The van der Waals surface area contributed by atoms with Crippen LogP contribution in [0.5, 0.6) is 0 Å². The molecule has 0 fully saturated rings. The molecule has 2 N–H and O–H groups in total. The predicted octanol–water partition coefficient (Wildman–Crippen LogP) is 4.86. The lowest BCUT2D eigenvalue weighted by Crippen LogP contribution is -2.26. The van der Waals surface area contributed by atoms with Gasteiger partial charge in [0, 0.05) is 6.54 Å². The van der Waals surface area contributed by atoms with Gasteiger partial charge in [-0.3, -0.25) is 5.32 Å². The maximum atomic E-state index is 14.0. The van der Waals surface area contributed by atoms with Crippen molar-refractivity contribution in [1.82, 2.24) is 25.5 Å². The van der Waals surface area contributed by atoms with Crippen LogP contribution in [0.4, 0.5) is 30.7 Å². The molecule has 1 unspecified atom stereocenters. The van der Waals surface area contributed by atoms with E-state index in [0.717, 1.165) is 12.1 Å². The summed E-state index contributed by atoms with van der Waals surface area (Å²) < 4.78 is 85.8. The lowest BCUT2D eigenvalue weighted by molar-refractivity contribution is -0.192. The zero-order valence-corrected chi connectivity index (χ0v) is 19.2. The van der Waals surface area contributed by atoms with E-state index >= 15 is 0 Å². The van der Waals surface area contributed by atoms with Gasteiger partial charge in [-0.2, -0.15) is 31.6 Å². The third-order valence-corrected chi connectivity index (χ3v) is 5.36. The summed E-state index contributed by atoms with van der Waals surface area (Å²) in [6, 6.07) is 5.95. The molecule has 194 valence electrons. The van der Waals surface area contributed by atoms with E-state index in [1.54, 1.807) is 0 Å². The fourth-order valence-corrected chi connectivity index (χ4v) is 3.58. The van der Waals surface area contributed by atoms with Crippen molar-refractivity contribution in [3.63, 3.8) is 0 Å². The first-order valence-corrected chi connectivity index (χ1v) is 10.7. The lowest BCUT2D eigenvalue weighted by Gasteiger charge is -2.20. The fourth-order valence-electron chi connectivity index (χ4n) is 2.80. The first-order valence-electron chi connectivity index (χ1n) is 9.80. The molecule has 0 bridgehead atoms. The molecule has 2 heterocycles. The van der Waals surface area contributed by atoms with Gasteiger partial charge in [0.25, 0.3) is 0 Å². The van der Waals surface area contributed by atoms with E-state index in [4.69, 9.17) is 15.2 Å². The molecule has 3 rings (SSSR count). The Morgan fingerprint density at radius 1 is 1.19 bits per heavy atom. The molecule has 0 amide bonds. The minimum atomic E-state index is -5.08. The Labute approximate surface area is 203 Å². The van der Waals surface area contributed by atoms with Crippen LogP contribution in [0.25, 0.3) is 0 Å². The summed E-state index contributed by atoms with van der Waals surface area (Å²) in [6.07, 6.45) is -9.49. The summed E-state index contributed by atoms with van der Waals surface area (Å²) in [5.74, 6) is -3.00. The van der Waals surface area contributed by atoms with Crippen molar-refractivity contribution >= 4 is 17.3 Å². The van der Waals surface area contributed by atoms with Crippen molar-refractivity contribution in [2.75, 3.05) is 0 Å². The highest BCUT2D eigenvalue weighted by molar-refractivity contribution is 7.10. The van der Waals surface area contributed by atoms with Crippen LogP contribution in [0.15, 0.2) is 29.6 Å². The number of nitrogens with one attached hydrogen (secondary N) is 1. The van der Waals surface area contributed by atoms with Crippen LogP contribution in [0.3, 0.4) is 0 Å². The maximum Gasteiger partial charge on any atom is 0.490 e. The summed E-state index contributed by atoms with van der Waals surface area (Å²) in [5, 5.41) is 32.4. The van der Waals surface area contributed by atoms with E-state index in [9.17, 15) is 30.7 Å². The SMILES string of the molecule is CC(C)n1nnnc1C(NCc1csc(C(F)(F)F)c1)c1cc(F)cc(C#N)c1.O=C(O)C(F)(F)F. The number of carboxylic acids is 1. The normalized spacial score (nSPS) is 12.6. The molecule has 36 heavy (non-hydrogen) atoms. The highest BCUT2D eigenvalue weighted by Crippen LogP contribution is 2.34. The molecule has 0 aliphatic heterocycles. The Kier molecular flexibility index (Phi) is 9.10. The Balaban J connectivity index is 0.000000572. The number of alkyl halides is 6. The molecule has 0 saturated carbocycles. The number of carboxylic acid groups (broad SMARTS) is 1. The van der Waals surface area contributed by atoms with Crippen LogP contribution < -0.4 is 5.32 Å². The zero-order valence-electron chi connectivity index (χ0n) is 18.4. The van der Waals surface area contributed by atoms with Gasteiger partial charge < -0.3 is 5.11 Å². The summed E-state index contributed by atoms with van der Waals surface area (Å²) in [4.78, 5) is 8.20. The number of halogens is 7. The van der Waals surface area contributed by atoms with E-state index in [2.05, 4.69) is 20.8 Å². The quantitative estimate of drug-likeness (QED) is 0.431. The maximum absolute atomic E-state index is 14.0. The average Bonchev–Trinajstić information content (AvgIpc) is 3.43. The molecular weight excluding hydrogens is 521 g/mol. The number of rotatable bonds is 6. The van der Waals surface area contributed by atoms with Crippen LogP contribution >= 0.6 is 11.3 Å². The Bertz CT molecular complexity index is 1230. The highest BCUT2D eigenvalue weighted by Gasteiger charge is 2.38. The number of nitriles is 1. The van der Waals surface area contributed by atoms with Crippen LogP contribution in [0, 0.1) is 17.1 Å². The number of benzene rings is 1.